The molecule has 0 aliphatic heterocycles. The molecule has 0 aromatic carbocycles. The van der Waals surface area contributed by atoms with Crippen LogP contribution in [0.15, 0.2) is 5.38 Å². The van der Waals surface area contributed by atoms with Gasteiger partial charge in [-0.3, -0.25) is 5.43 Å². The van der Waals surface area contributed by atoms with Crippen LogP contribution in [0, 0.1) is 6.92 Å². The summed E-state index contributed by atoms with van der Waals surface area (Å²) in [5, 5.41) is 5.33. The maximum atomic E-state index is 10.6. The first-order valence-corrected chi connectivity index (χ1v) is 4.26. The topological polar surface area (TPSA) is 80.0 Å². The van der Waals surface area contributed by atoms with Gasteiger partial charge < -0.3 is 5.32 Å². The van der Waals surface area contributed by atoms with Gasteiger partial charge in [0.05, 0.1) is 6.54 Å². The summed E-state index contributed by atoms with van der Waals surface area (Å²) in [6.07, 6.45) is 0. The van der Waals surface area contributed by atoms with Crippen molar-refractivity contribution in [3.63, 3.8) is 0 Å². The number of hydrazine groups is 1. The van der Waals surface area contributed by atoms with Gasteiger partial charge in [-0.25, -0.2) is 15.6 Å². The van der Waals surface area contributed by atoms with Crippen LogP contribution < -0.4 is 16.6 Å². The fourth-order valence-corrected chi connectivity index (χ4v) is 1.40. The Kier molecular flexibility index (Phi) is 3.01. The van der Waals surface area contributed by atoms with Crippen LogP contribution in [0.5, 0.6) is 0 Å². The van der Waals surface area contributed by atoms with E-state index in [9.17, 15) is 4.79 Å². The maximum absolute atomic E-state index is 10.6. The number of aryl methyl sites for hydroxylation is 1. The third-order valence-electron chi connectivity index (χ3n) is 1.20. The standard InChI is InChI=1S/C6H10N4OS/c1-4-3-12-5(9-4)2-8-6(11)10-7/h3H,2,7H2,1H3,(H2,8,10,11). The predicted octanol–water partition coefficient (Wildman–Crippen LogP) is 0.124. The third kappa shape index (κ3) is 2.48. The van der Waals surface area contributed by atoms with Gasteiger partial charge in [-0.2, -0.15) is 0 Å². The van der Waals surface area contributed by atoms with E-state index < -0.39 is 6.03 Å². The van der Waals surface area contributed by atoms with Crippen LogP contribution in [0.4, 0.5) is 4.79 Å². The van der Waals surface area contributed by atoms with Crippen LogP contribution >= 0.6 is 11.3 Å². The Morgan fingerprint density at radius 3 is 3.08 bits per heavy atom. The summed E-state index contributed by atoms with van der Waals surface area (Å²) in [5.41, 5.74) is 2.93. The average molecular weight is 186 g/mol. The Labute approximate surface area is 74.0 Å². The van der Waals surface area contributed by atoms with Crippen molar-refractivity contribution >= 4 is 17.4 Å². The molecule has 1 heterocycles. The molecule has 5 nitrogen and oxygen atoms in total. The summed E-state index contributed by atoms with van der Waals surface area (Å²) < 4.78 is 0. The lowest BCUT2D eigenvalue weighted by molar-refractivity contribution is 0.240. The van der Waals surface area contributed by atoms with E-state index in [1.807, 2.05) is 17.7 Å². The molecule has 0 saturated carbocycles. The lowest BCUT2D eigenvalue weighted by atomic mass is 10.6. The molecule has 4 N–H and O–H groups in total. The van der Waals surface area contributed by atoms with Gasteiger partial charge in [-0.15, -0.1) is 11.3 Å². The van der Waals surface area contributed by atoms with E-state index in [4.69, 9.17) is 5.84 Å². The van der Waals surface area contributed by atoms with Crippen LogP contribution in [0.1, 0.15) is 10.7 Å². The second-order valence-corrected chi connectivity index (χ2v) is 3.15. The fourth-order valence-electron chi connectivity index (χ4n) is 0.691. The van der Waals surface area contributed by atoms with Gasteiger partial charge in [0.25, 0.3) is 0 Å². The van der Waals surface area contributed by atoms with Crippen molar-refractivity contribution in [2.45, 2.75) is 13.5 Å². The first kappa shape index (κ1) is 8.95. The lowest BCUT2D eigenvalue weighted by Gasteiger charge is -1.99. The van der Waals surface area contributed by atoms with Crippen LogP contribution in [0.3, 0.4) is 0 Å². The number of carbonyl (C=O) groups excluding carboxylic acids is 1. The maximum Gasteiger partial charge on any atom is 0.329 e. The molecule has 0 saturated heterocycles. The number of urea groups is 1. The zero-order valence-electron chi connectivity index (χ0n) is 6.63. The molecule has 0 atom stereocenters. The molecule has 0 radical (unpaired) electrons. The van der Waals surface area contributed by atoms with Gasteiger partial charge in [0.1, 0.15) is 5.01 Å². The van der Waals surface area contributed by atoms with Gasteiger partial charge in [0, 0.05) is 11.1 Å². The summed E-state index contributed by atoms with van der Waals surface area (Å²) in [6.45, 7) is 2.32. The predicted molar refractivity (Wildman–Crippen MR) is 46.4 cm³/mol. The molecule has 66 valence electrons. The Morgan fingerprint density at radius 2 is 2.58 bits per heavy atom. The number of nitrogens with one attached hydrogen (secondary N) is 2. The second kappa shape index (κ2) is 4.03. The number of thiazole rings is 1. The Hall–Kier alpha value is -1.14. The molecule has 6 heteroatoms. The van der Waals surface area contributed by atoms with Gasteiger partial charge in [-0.05, 0) is 6.92 Å². The molecule has 2 amide bonds. The number of nitrogens with zero attached hydrogens (tertiary/aromatic N) is 1. The van der Waals surface area contributed by atoms with Crippen molar-refractivity contribution in [2.75, 3.05) is 0 Å². The Balaban J connectivity index is 2.38. The minimum atomic E-state index is -0.400. The van der Waals surface area contributed by atoms with E-state index in [-0.39, 0.29) is 0 Å². The van der Waals surface area contributed by atoms with Gasteiger partial charge >= 0.3 is 6.03 Å². The minimum absolute atomic E-state index is 0.400. The Bertz CT molecular complexity index is 272. The zero-order chi connectivity index (χ0) is 8.97. The van der Waals surface area contributed by atoms with Crippen molar-refractivity contribution in [2.24, 2.45) is 5.84 Å². The van der Waals surface area contributed by atoms with Crippen molar-refractivity contribution in [1.82, 2.24) is 15.7 Å². The summed E-state index contributed by atoms with van der Waals surface area (Å²) in [7, 11) is 0. The number of amides is 2. The molecular formula is C6H10N4OS. The third-order valence-corrected chi connectivity index (χ3v) is 2.16. The molecule has 12 heavy (non-hydrogen) atoms. The summed E-state index contributed by atoms with van der Waals surface area (Å²) >= 11 is 1.51. The largest absolute Gasteiger partial charge is 0.331 e. The van der Waals surface area contributed by atoms with E-state index in [1.165, 1.54) is 11.3 Å². The lowest BCUT2D eigenvalue weighted by Crippen LogP contribution is -2.39. The summed E-state index contributed by atoms with van der Waals surface area (Å²) in [4.78, 5) is 14.8. The molecule has 0 aliphatic carbocycles. The average Bonchev–Trinajstić information content (AvgIpc) is 2.47. The van der Waals surface area contributed by atoms with Crippen molar-refractivity contribution in [3.8, 4) is 0 Å². The molecule has 0 aliphatic rings. The summed E-state index contributed by atoms with van der Waals surface area (Å²) in [5.74, 6) is 4.86. The molecule has 1 aromatic heterocycles. The molecule has 0 unspecified atom stereocenters. The van der Waals surface area contributed by atoms with Gasteiger partial charge in [-0.1, -0.05) is 0 Å². The second-order valence-electron chi connectivity index (χ2n) is 2.21. The smallest absolute Gasteiger partial charge is 0.329 e. The highest BCUT2D eigenvalue weighted by Gasteiger charge is 2.00. The highest BCUT2D eigenvalue weighted by molar-refractivity contribution is 7.09. The van der Waals surface area contributed by atoms with Crippen LogP contribution in [0.25, 0.3) is 0 Å². The number of aromatic nitrogens is 1. The number of nitrogens with two attached hydrogens (primary N) is 1. The highest BCUT2D eigenvalue weighted by Crippen LogP contribution is 2.07. The quantitative estimate of drug-likeness (QED) is 0.349. The number of rotatable bonds is 2. The minimum Gasteiger partial charge on any atom is -0.331 e. The van der Waals surface area contributed by atoms with Crippen molar-refractivity contribution in [3.05, 3.63) is 16.1 Å². The highest BCUT2D eigenvalue weighted by atomic mass is 32.1. The van der Waals surface area contributed by atoms with Crippen LogP contribution in [-0.2, 0) is 6.54 Å². The van der Waals surface area contributed by atoms with Crippen LogP contribution in [-0.4, -0.2) is 11.0 Å². The van der Waals surface area contributed by atoms with Crippen molar-refractivity contribution < 1.29 is 4.79 Å². The van der Waals surface area contributed by atoms with Gasteiger partial charge in [0.2, 0.25) is 0 Å². The van der Waals surface area contributed by atoms with Gasteiger partial charge in [0.15, 0.2) is 0 Å². The SMILES string of the molecule is Cc1csc(CNC(=O)NN)n1. The number of hydrogen-bond donors (Lipinski definition) is 3. The number of hydrogen-bond acceptors (Lipinski definition) is 4. The molecule has 1 rings (SSSR count). The van der Waals surface area contributed by atoms with Crippen LogP contribution in [0.2, 0.25) is 0 Å². The van der Waals surface area contributed by atoms with E-state index in [1.54, 1.807) is 0 Å². The summed E-state index contributed by atoms with van der Waals surface area (Å²) in [6, 6.07) is -0.400. The molecular weight excluding hydrogens is 176 g/mol. The molecule has 0 fully saturated rings. The van der Waals surface area contributed by atoms with E-state index in [0.29, 0.717) is 6.54 Å². The van der Waals surface area contributed by atoms with E-state index >= 15 is 0 Å². The Morgan fingerprint density at radius 1 is 1.83 bits per heavy atom. The molecule has 0 bridgehead atoms. The first-order valence-electron chi connectivity index (χ1n) is 3.38. The van der Waals surface area contributed by atoms with E-state index in [0.717, 1.165) is 10.7 Å². The normalized spacial score (nSPS) is 9.50. The monoisotopic (exact) mass is 186 g/mol. The number of carbonyl (C=O) groups is 1. The van der Waals surface area contributed by atoms with E-state index in [2.05, 4.69) is 10.3 Å². The zero-order valence-corrected chi connectivity index (χ0v) is 7.44. The molecule has 0 spiro atoms. The first-order chi connectivity index (χ1) is 5.72. The fraction of sp³-hybridized carbons (Fsp3) is 0.333. The molecule has 1 aromatic rings. The van der Waals surface area contributed by atoms with Crippen molar-refractivity contribution in [1.29, 1.82) is 0 Å².